The number of nitrogens with zero attached hydrogens (tertiary/aromatic N) is 5. The minimum Gasteiger partial charge on any atom is -0.391 e. The summed E-state index contributed by atoms with van der Waals surface area (Å²) in [6.45, 7) is -0.377. The minimum atomic E-state index is -0.506. The number of hydrogen-bond acceptors (Lipinski definition) is 7. The maximum Gasteiger partial charge on any atom is 0.274 e. The molecule has 1 fully saturated rings. The molecule has 1 saturated carbocycles. The SMILES string of the molecule is O=[N+]([O-])c1ccc(Sc2nnnn2C2CC2)cc1CO. The molecule has 1 heterocycles. The summed E-state index contributed by atoms with van der Waals surface area (Å²) in [5.41, 5.74) is 0.198. The second kappa shape index (κ2) is 5.17. The van der Waals surface area contributed by atoms with Crippen molar-refractivity contribution in [3.63, 3.8) is 0 Å². The van der Waals surface area contributed by atoms with E-state index in [9.17, 15) is 15.2 Å². The number of hydrogen-bond donors (Lipinski definition) is 1. The van der Waals surface area contributed by atoms with Gasteiger partial charge in [0.15, 0.2) is 0 Å². The number of aromatic nitrogens is 4. The molecule has 2 aromatic rings. The van der Waals surface area contributed by atoms with E-state index in [-0.39, 0.29) is 17.9 Å². The smallest absolute Gasteiger partial charge is 0.274 e. The molecule has 1 N–H and O–H groups in total. The Kier molecular flexibility index (Phi) is 3.36. The van der Waals surface area contributed by atoms with Crippen LogP contribution in [0.1, 0.15) is 24.4 Å². The molecule has 0 radical (unpaired) electrons. The molecule has 0 saturated heterocycles. The van der Waals surface area contributed by atoms with Gasteiger partial charge >= 0.3 is 0 Å². The summed E-state index contributed by atoms with van der Waals surface area (Å²) in [7, 11) is 0. The number of tetrazole rings is 1. The predicted octanol–water partition coefficient (Wildman–Crippen LogP) is 1.56. The molecule has 1 aromatic heterocycles. The van der Waals surface area contributed by atoms with Gasteiger partial charge in [-0.25, -0.2) is 4.68 Å². The van der Waals surface area contributed by atoms with Crippen LogP contribution in [0.4, 0.5) is 5.69 Å². The summed E-state index contributed by atoms with van der Waals surface area (Å²) in [5, 5.41) is 32.2. The van der Waals surface area contributed by atoms with E-state index in [1.165, 1.54) is 17.8 Å². The highest BCUT2D eigenvalue weighted by Gasteiger charge is 2.28. The number of benzene rings is 1. The molecule has 0 bridgehead atoms. The van der Waals surface area contributed by atoms with Crippen molar-refractivity contribution >= 4 is 17.4 Å². The highest BCUT2D eigenvalue weighted by atomic mass is 32.2. The van der Waals surface area contributed by atoms with Gasteiger partial charge in [-0.3, -0.25) is 10.1 Å². The number of aliphatic hydroxyl groups excluding tert-OH is 1. The molecule has 1 aromatic carbocycles. The average molecular weight is 293 g/mol. The first kappa shape index (κ1) is 13.0. The Morgan fingerprint density at radius 2 is 2.30 bits per heavy atom. The first-order valence-electron chi connectivity index (χ1n) is 6.03. The first-order valence-corrected chi connectivity index (χ1v) is 6.84. The fraction of sp³-hybridized carbons (Fsp3) is 0.364. The first-order chi connectivity index (χ1) is 9.69. The highest BCUT2D eigenvalue weighted by molar-refractivity contribution is 7.99. The zero-order valence-corrected chi connectivity index (χ0v) is 11.2. The molecular weight excluding hydrogens is 282 g/mol. The van der Waals surface area contributed by atoms with E-state index in [1.54, 1.807) is 16.8 Å². The third-order valence-corrected chi connectivity index (χ3v) is 3.92. The van der Waals surface area contributed by atoms with Crippen LogP contribution in [0, 0.1) is 10.1 Å². The van der Waals surface area contributed by atoms with Crippen LogP contribution in [0.15, 0.2) is 28.3 Å². The summed E-state index contributed by atoms with van der Waals surface area (Å²) in [6, 6.07) is 4.98. The van der Waals surface area contributed by atoms with Gasteiger partial charge in [0.1, 0.15) is 0 Å². The summed E-state index contributed by atoms with van der Waals surface area (Å²) >= 11 is 1.33. The van der Waals surface area contributed by atoms with E-state index in [2.05, 4.69) is 15.5 Å². The van der Waals surface area contributed by atoms with E-state index in [1.807, 2.05) is 0 Å². The Labute approximate surface area is 117 Å². The normalized spacial score (nSPS) is 14.4. The number of rotatable bonds is 5. The number of aliphatic hydroxyl groups is 1. The Morgan fingerprint density at radius 1 is 1.50 bits per heavy atom. The zero-order chi connectivity index (χ0) is 14.1. The molecule has 3 rings (SSSR count). The fourth-order valence-electron chi connectivity index (χ4n) is 1.84. The lowest BCUT2D eigenvalue weighted by atomic mass is 10.2. The quantitative estimate of drug-likeness (QED) is 0.658. The van der Waals surface area contributed by atoms with Crippen LogP contribution in [0.2, 0.25) is 0 Å². The molecule has 1 aliphatic rings. The Balaban J connectivity index is 1.87. The fourth-order valence-corrected chi connectivity index (χ4v) is 2.74. The van der Waals surface area contributed by atoms with Gasteiger partial charge in [0.2, 0.25) is 5.16 Å². The van der Waals surface area contributed by atoms with Crippen molar-refractivity contribution in [1.82, 2.24) is 20.2 Å². The van der Waals surface area contributed by atoms with Gasteiger partial charge in [0, 0.05) is 11.0 Å². The average Bonchev–Trinajstić information content (AvgIpc) is 3.19. The van der Waals surface area contributed by atoms with Gasteiger partial charge in [0.25, 0.3) is 5.69 Å². The third kappa shape index (κ3) is 2.49. The standard InChI is InChI=1S/C11H11N5O3S/c17-6-7-5-9(3-4-10(7)16(18)19)20-11-12-13-14-15(11)8-1-2-8/h3-5,8,17H,1-2,6H2. The van der Waals surface area contributed by atoms with Gasteiger partial charge in [-0.1, -0.05) is 0 Å². The van der Waals surface area contributed by atoms with Crippen molar-refractivity contribution in [2.75, 3.05) is 0 Å². The van der Waals surface area contributed by atoms with Crippen molar-refractivity contribution in [3.8, 4) is 0 Å². The predicted molar refractivity (Wildman–Crippen MR) is 69.2 cm³/mol. The molecule has 0 unspecified atom stereocenters. The van der Waals surface area contributed by atoms with Gasteiger partial charge in [-0.15, -0.1) is 5.10 Å². The summed E-state index contributed by atoms with van der Waals surface area (Å²) < 4.78 is 1.77. The van der Waals surface area contributed by atoms with Gasteiger partial charge < -0.3 is 5.11 Å². The molecule has 20 heavy (non-hydrogen) atoms. The van der Waals surface area contributed by atoms with Crippen LogP contribution < -0.4 is 0 Å². The van der Waals surface area contributed by atoms with Crippen LogP contribution in [-0.2, 0) is 6.61 Å². The second-order valence-electron chi connectivity index (χ2n) is 4.45. The molecule has 0 spiro atoms. The van der Waals surface area contributed by atoms with Gasteiger partial charge in [-0.05, 0) is 47.2 Å². The van der Waals surface area contributed by atoms with Crippen LogP contribution in [0.25, 0.3) is 0 Å². The van der Waals surface area contributed by atoms with E-state index in [4.69, 9.17) is 0 Å². The van der Waals surface area contributed by atoms with Crippen molar-refractivity contribution in [2.24, 2.45) is 0 Å². The lowest BCUT2D eigenvalue weighted by molar-refractivity contribution is -0.385. The van der Waals surface area contributed by atoms with Crippen LogP contribution >= 0.6 is 11.8 Å². The molecule has 0 amide bonds. The van der Waals surface area contributed by atoms with E-state index in [0.29, 0.717) is 11.2 Å². The molecule has 104 valence electrons. The zero-order valence-electron chi connectivity index (χ0n) is 10.3. The third-order valence-electron chi connectivity index (χ3n) is 2.98. The lowest BCUT2D eigenvalue weighted by Crippen LogP contribution is -1.99. The Bertz CT molecular complexity index is 655. The van der Waals surface area contributed by atoms with E-state index >= 15 is 0 Å². The summed E-state index contributed by atoms with van der Waals surface area (Å²) in [4.78, 5) is 11.1. The summed E-state index contributed by atoms with van der Waals surface area (Å²) in [6.07, 6.45) is 2.14. The lowest BCUT2D eigenvalue weighted by Gasteiger charge is -2.04. The summed E-state index contributed by atoms with van der Waals surface area (Å²) in [5.74, 6) is 0. The number of nitro benzene ring substituents is 1. The second-order valence-corrected chi connectivity index (χ2v) is 5.49. The van der Waals surface area contributed by atoms with Crippen molar-refractivity contribution in [1.29, 1.82) is 0 Å². The Hall–Kier alpha value is -2.00. The van der Waals surface area contributed by atoms with Crippen LogP contribution in [0.3, 0.4) is 0 Å². The number of nitro groups is 1. The monoisotopic (exact) mass is 293 g/mol. The van der Waals surface area contributed by atoms with Gasteiger partial charge in [0.05, 0.1) is 23.1 Å². The topological polar surface area (TPSA) is 107 Å². The molecule has 8 nitrogen and oxygen atoms in total. The Morgan fingerprint density at radius 3 is 2.95 bits per heavy atom. The maximum absolute atomic E-state index is 10.8. The highest BCUT2D eigenvalue weighted by Crippen LogP contribution is 2.38. The largest absolute Gasteiger partial charge is 0.391 e. The van der Waals surface area contributed by atoms with E-state index < -0.39 is 4.92 Å². The van der Waals surface area contributed by atoms with Crippen LogP contribution in [-0.4, -0.2) is 30.2 Å². The van der Waals surface area contributed by atoms with Crippen molar-refractivity contribution in [3.05, 3.63) is 33.9 Å². The minimum absolute atomic E-state index is 0.0846. The molecule has 0 aliphatic heterocycles. The van der Waals surface area contributed by atoms with E-state index in [0.717, 1.165) is 17.7 Å². The molecule has 0 atom stereocenters. The van der Waals surface area contributed by atoms with Gasteiger partial charge in [-0.2, -0.15) is 0 Å². The molecule has 1 aliphatic carbocycles. The van der Waals surface area contributed by atoms with Crippen molar-refractivity contribution in [2.45, 2.75) is 35.5 Å². The molecule has 9 heteroatoms. The van der Waals surface area contributed by atoms with Crippen molar-refractivity contribution < 1.29 is 10.0 Å². The maximum atomic E-state index is 10.8. The van der Waals surface area contributed by atoms with Crippen LogP contribution in [0.5, 0.6) is 0 Å². The molecular formula is C11H11N5O3S.